The molecular formula is C10H16ClNOSi. The fourth-order valence-corrected chi connectivity index (χ4v) is 2.26. The summed E-state index contributed by atoms with van der Waals surface area (Å²) in [4.78, 5) is 0. The van der Waals surface area contributed by atoms with E-state index in [4.69, 9.17) is 21.8 Å². The van der Waals surface area contributed by atoms with E-state index in [9.17, 15) is 0 Å². The Kier molecular flexibility index (Phi) is 3.58. The Bertz CT molecular complexity index is 322. The van der Waals surface area contributed by atoms with Gasteiger partial charge in [-0.3, -0.25) is 0 Å². The van der Waals surface area contributed by atoms with Crippen LogP contribution < -0.4 is 10.2 Å². The van der Waals surface area contributed by atoms with Crippen LogP contribution in [0.1, 0.15) is 5.56 Å². The highest BCUT2D eigenvalue weighted by molar-refractivity contribution is 6.70. The summed E-state index contributed by atoms with van der Waals surface area (Å²) in [5, 5.41) is 0.684. The second-order valence-electron chi connectivity index (χ2n) is 4.14. The van der Waals surface area contributed by atoms with Gasteiger partial charge in [0.2, 0.25) is 8.32 Å². The molecule has 1 aromatic carbocycles. The van der Waals surface area contributed by atoms with E-state index in [1.807, 2.05) is 18.2 Å². The smallest absolute Gasteiger partial charge is 0.242 e. The van der Waals surface area contributed by atoms with Crippen LogP contribution in [-0.4, -0.2) is 8.32 Å². The Morgan fingerprint density at radius 3 is 2.50 bits per heavy atom. The second-order valence-corrected chi connectivity index (χ2v) is 8.97. The lowest BCUT2D eigenvalue weighted by Gasteiger charge is -2.21. The van der Waals surface area contributed by atoms with Gasteiger partial charge in [-0.15, -0.1) is 0 Å². The molecule has 0 amide bonds. The minimum atomic E-state index is -1.58. The first-order valence-corrected chi connectivity index (χ1v) is 8.39. The monoisotopic (exact) mass is 229 g/mol. The third kappa shape index (κ3) is 3.01. The lowest BCUT2D eigenvalue weighted by molar-refractivity contribution is 0.549. The molecule has 0 saturated heterocycles. The van der Waals surface area contributed by atoms with Gasteiger partial charge in [-0.2, -0.15) is 0 Å². The van der Waals surface area contributed by atoms with Crippen LogP contribution in [0.4, 0.5) is 0 Å². The van der Waals surface area contributed by atoms with E-state index in [1.165, 1.54) is 0 Å². The molecule has 0 aliphatic carbocycles. The summed E-state index contributed by atoms with van der Waals surface area (Å²) >= 11 is 6.01. The standard InChI is InChI=1S/C10H16ClNOSi/c1-14(2,3)13-10-6-4-5-9(11)8(10)7-12/h4-6H,7,12H2,1-3H3. The van der Waals surface area contributed by atoms with Crippen LogP contribution in [0.15, 0.2) is 18.2 Å². The van der Waals surface area contributed by atoms with Crippen molar-refractivity contribution in [3.8, 4) is 5.75 Å². The number of nitrogens with two attached hydrogens (primary N) is 1. The van der Waals surface area contributed by atoms with Crippen molar-refractivity contribution in [3.05, 3.63) is 28.8 Å². The van der Waals surface area contributed by atoms with Crippen LogP contribution in [0.3, 0.4) is 0 Å². The molecule has 1 aromatic rings. The minimum Gasteiger partial charge on any atom is -0.544 e. The zero-order chi connectivity index (χ0) is 10.8. The second kappa shape index (κ2) is 4.34. The van der Waals surface area contributed by atoms with Gasteiger partial charge in [0.25, 0.3) is 0 Å². The highest BCUT2D eigenvalue weighted by Crippen LogP contribution is 2.27. The molecule has 0 heterocycles. The Morgan fingerprint density at radius 2 is 2.00 bits per heavy atom. The van der Waals surface area contributed by atoms with Crippen molar-refractivity contribution in [3.63, 3.8) is 0 Å². The number of hydrogen-bond acceptors (Lipinski definition) is 2. The number of benzene rings is 1. The Morgan fingerprint density at radius 1 is 1.36 bits per heavy atom. The van der Waals surface area contributed by atoms with Gasteiger partial charge in [0.1, 0.15) is 5.75 Å². The van der Waals surface area contributed by atoms with Gasteiger partial charge >= 0.3 is 0 Å². The van der Waals surface area contributed by atoms with Crippen molar-refractivity contribution in [2.45, 2.75) is 26.2 Å². The molecule has 0 bridgehead atoms. The molecule has 2 nitrogen and oxygen atoms in total. The number of hydrogen-bond donors (Lipinski definition) is 1. The minimum absolute atomic E-state index is 0.416. The molecule has 0 aliphatic rings. The average molecular weight is 230 g/mol. The molecule has 0 radical (unpaired) electrons. The highest BCUT2D eigenvalue weighted by Gasteiger charge is 2.18. The maximum Gasteiger partial charge on any atom is 0.242 e. The zero-order valence-corrected chi connectivity index (χ0v) is 10.6. The van der Waals surface area contributed by atoms with Crippen LogP contribution in [0.5, 0.6) is 5.75 Å². The quantitative estimate of drug-likeness (QED) is 0.809. The van der Waals surface area contributed by atoms with Crippen molar-refractivity contribution in [2.75, 3.05) is 0 Å². The number of rotatable bonds is 3. The summed E-state index contributed by atoms with van der Waals surface area (Å²) in [5.74, 6) is 0.833. The predicted molar refractivity (Wildman–Crippen MR) is 63.3 cm³/mol. The lowest BCUT2D eigenvalue weighted by Crippen LogP contribution is -2.30. The van der Waals surface area contributed by atoms with Gasteiger partial charge in [0.05, 0.1) is 0 Å². The van der Waals surface area contributed by atoms with Crippen molar-refractivity contribution in [2.24, 2.45) is 5.73 Å². The molecule has 1 rings (SSSR count). The molecule has 0 unspecified atom stereocenters. The highest BCUT2D eigenvalue weighted by atomic mass is 35.5. The summed E-state index contributed by atoms with van der Waals surface area (Å²) in [7, 11) is -1.58. The third-order valence-electron chi connectivity index (χ3n) is 1.70. The molecule has 2 N–H and O–H groups in total. The van der Waals surface area contributed by atoms with E-state index < -0.39 is 8.32 Å². The fourth-order valence-electron chi connectivity index (χ4n) is 1.16. The van der Waals surface area contributed by atoms with E-state index in [-0.39, 0.29) is 0 Å². The van der Waals surface area contributed by atoms with Crippen LogP contribution >= 0.6 is 11.6 Å². The van der Waals surface area contributed by atoms with E-state index >= 15 is 0 Å². The molecule has 0 fully saturated rings. The van der Waals surface area contributed by atoms with Crippen molar-refractivity contribution < 1.29 is 4.43 Å². The molecule has 0 aromatic heterocycles. The first-order chi connectivity index (χ1) is 6.44. The first-order valence-electron chi connectivity index (χ1n) is 4.60. The van der Waals surface area contributed by atoms with Crippen molar-refractivity contribution in [1.82, 2.24) is 0 Å². The molecular weight excluding hydrogens is 214 g/mol. The van der Waals surface area contributed by atoms with Gasteiger partial charge in [-0.25, -0.2) is 0 Å². The van der Waals surface area contributed by atoms with Gasteiger partial charge in [0, 0.05) is 17.1 Å². The van der Waals surface area contributed by atoms with E-state index in [2.05, 4.69) is 19.6 Å². The summed E-state index contributed by atoms with van der Waals surface area (Å²) in [6.45, 7) is 6.82. The first kappa shape index (κ1) is 11.6. The Hall–Kier alpha value is -0.513. The molecule has 4 heteroatoms. The SMILES string of the molecule is C[Si](C)(C)Oc1cccc(Cl)c1CN. The zero-order valence-electron chi connectivity index (χ0n) is 8.80. The largest absolute Gasteiger partial charge is 0.544 e. The predicted octanol–water partition coefficient (Wildman–Crippen LogP) is 3.01. The van der Waals surface area contributed by atoms with E-state index in [0.29, 0.717) is 11.6 Å². The summed E-state index contributed by atoms with van der Waals surface area (Å²) in [6, 6.07) is 5.64. The summed E-state index contributed by atoms with van der Waals surface area (Å²) in [6.07, 6.45) is 0. The maximum absolute atomic E-state index is 6.01. The van der Waals surface area contributed by atoms with Crippen molar-refractivity contribution >= 4 is 19.9 Å². The average Bonchev–Trinajstić information content (AvgIpc) is 2.01. The maximum atomic E-state index is 6.01. The van der Waals surface area contributed by atoms with Gasteiger partial charge in [-0.05, 0) is 31.8 Å². The molecule has 14 heavy (non-hydrogen) atoms. The van der Waals surface area contributed by atoms with Gasteiger partial charge in [-0.1, -0.05) is 17.7 Å². The summed E-state index contributed by atoms with van der Waals surface area (Å²) < 4.78 is 5.88. The van der Waals surface area contributed by atoms with Gasteiger partial charge in [0.15, 0.2) is 0 Å². The molecule has 0 spiro atoms. The van der Waals surface area contributed by atoms with E-state index in [0.717, 1.165) is 11.3 Å². The Labute approximate surface area is 91.2 Å². The third-order valence-corrected chi connectivity index (χ3v) is 2.88. The van der Waals surface area contributed by atoms with E-state index in [1.54, 1.807) is 0 Å². The van der Waals surface area contributed by atoms with Gasteiger partial charge < -0.3 is 10.2 Å². The van der Waals surface area contributed by atoms with Crippen LogP contribution in [0, 0.1) is 0 Å². The topological polar surface area (TPSA) is 35.2 Å². The number of halogens is 1. The normalized spacial score (nSPS) is 11.5. The lowest BCUT2D eigenvalue weighted by atomic mass is 10.2. The fraction of sp³-hybridized carbons (Fsp3) is 0.400. The van der Waals surface area contributed by atoms with Crippen molar-refractivity contribution in [1.29, 1.82) is 0 Å². The molecule has 0 saturated carbocycles. The van der Waals surface area contributed by atoms with Crippen LogP contribution in [-0.2, 0) is 6.54 Å². The molecule has 0 atom stereocenters. The van der Waals surface area contributed by atoms with Crippen LogP contribution in [0.25, 0.3) is 0 Å². The van der Waals surface area contributed by atoms with Crippen LogP contribution in [0.2, 0.25) is 24.7 Å². The Balaban J connectivity index is 3.02. The molecule has 78 valence electrons. The summed E-state index contributed by atoms with van der Waals surface area (Å²) in [5.41, 5.74) is 6.52. The molecule has 0 aliphatic heterocycles.